The highest BCUT2D eigenvalue weighted by molar-refractivity contribution is 7.15. The van der Waals surface area contributed by atoms with Gasteiger partial charge in [-0.05, 0) is 19.1 Å². The van der Waals surface area contributed by atoms with Gasteiger partial charge in [-0.2, -0.15) is 0 Å². The van der Waals surface area contributed by atoms with Crippen LogP contribution in [0.1, 0.15) is 15.3 Å². The molecule has 1 aromatic carbocycles. The Kier molecular flexibility index (Phi) is 4.91. The maximum Gasteiger partial charge on any atom is 0.108 e. The number of thiophene rings is 1. The molecular weight excluding hydrogens is 398 g/mol. The largest absolute Gasteiger partial charge is 0.341 e. The molecule has 3 nitrogen and oxygen atoms in total. The monoisotopic (exact) mass is 417 g/mol. The fourth-order valence-electron chi connectivity index (χ4n) is 3.46. The summed E-state index contributed by atoms with van der Waals surface area (Å²) >= 11 is 7.81. The zero-order valence-corrected chi connectivity index (χ0v) is 17.7. The summed E-state index contributed by atoms with van der Waals surface area (Å²) in [5.74, 6) is 0.724. The van der Waals surface area contributed by atoms with Crippen LogP contribution < -0.4 is 10.2 Å². The first-order valence-corrected chi connectivity index (χ1v) is 10.2. The molecule has 0 radical (unpaired) electrons. The number of rotatable bonds is 4. The molecule has 5 heteroatoms. The van der Waals surface area contributed by atoms with Gasteiger partial charge in [0, 0.05) is 32.5 Å². The number of hydrogen-bond acceptors (Lipinski definition) is 4. The number of benzene rings is 1. The maximum atomic E-state index is 6.21. The average molecular weight is 418 g/mol. The molecule has 0 aliphatic carbocycles. The Morgan fingerprint density at radius 2 is 2.03 bits per heavy atom. The first-order valence-electron chi connectivity index (χ1n) is 9.02. The van der Waals surface area contributed by atoms with E-state index < -0.39 is 0 Å². The van der Waals surface area contributed by atoms with Crippen molar-refractivity contribution in [1.29, 1.82) is 0 Å². The predicted molar refractivity (Wildman–Crippen MR) is 128 cm³/mol. The number of anilines is 2. The lowest BCUT2D eigenvalue weighted by Gasteiger charge is -2.33. The van der Waals surface area contributed by atoms with E-state index in [9.17, 15) is 0 Å². The number of halogens is 1. The minimum atomic E-state index is 0.471. The molecule has 144 valence electrons. The maximum absolute atomic E-state index is 6.21. The zero-order valence-electron chi connectivity index (χ0n) is 16.1. The average Bonchev–Trinajstić information content (AvgIpc) is 3.09. The minimum absolute atomic E-state index is 0.471. The standard InChI is InChI=1S/C24H20ClN3S/c1-6-7-19(15(3)25)23-11-21-24(29-23)16(4)28(17(5)27-21)22-13-26-12-18-9-8-14(2)10-20(18)22/h6-13,27H,1,3-5H2,2H3/b19-7+. The predicted octanol–water partition coefficient (Wildman–Crippen LogP) is 7.30. The number of aryl methyl sites for hydroxylation is 1. The van der Waals surface area contributed by atoms with Crippen LogP contribution in [0.15, 0.2) is 86.0 Å². The van der Waals surface area contributed by atoms with Gasteiger partial charge in [0.25, 0.3) is 0 Å². The van der Waals surface area contributed by atoms with Crippen molar-refractivity contribution < 1.29 is 0 Å². The van der Waals surface area contributed by atoms with Gasteiger partial charge in [0.15, 0.2) is 0 Å². The van der Waals surface area contributed by atoms with Crippen LogP contribution in [-0.4, -0.2) is 4.98 Å². The van der Waals surface area contributed by atoms with E-state index in [0.29, 0.717) is 5.03 Å². The fourth-order valence-corrected chi connectivity index (χ4v) is 4.81. The van der Waals surface area contributed by atoms with Crippen molar-refractivity contribution in [2.75, 3.05) is 10.2 Å². The first-order chi connectivity index (χ1) is 13.9. The van der Waals surface area contributed by atoms with Crippen molar-refractivity contribution in [3.05, 3.63) is 101 Å². The molecule has 29 heavy (non-hydrogen) atoms. The van der Waals surface area contributed by atoms with Gasteiger partial charge in [0.2, 0.25) is 0 Å². The van der Waals surface area contributed by atoms with Crippen LogP contribution in [0.3, 0.4) is 0 Å². The molecule has 0 saturated heterocycles. The highest BCUT2D eigenvalue weighted by Gasteiger charge is 2.28. The van der Waals surface area contributed by atoms with Crippen LogP contribution in [-0.2, 0) is 0 Å². The second-order valence-corrected chi connectivity index (χ2v) is 8.32. The molecule has 0 bridgehead atoms. The van der Waals surface area contributed by atoms with Gasteiger partial charge in [-0.3, -0.25) is 9.88 Å². The SMILES string of the molecule is C=C/C=C(\C(=C)Cl)c1cc2c(s1)C(=C)N(c1cncc3ccc(C)cc13)C(=C)N2. The van der Waals surface area contributed by atoms with Gasteiger partial charge < -0.3 is 5.32 Å². The number of nitrogens with zero attached hydrogens (tertiary/aromatic N) is 2. The van der Waals surface area contributed by atoms with E-state index in [1.165, 1.54) is 5.56 Å². The van der Waals surface area contributed by atoms with Gasteiger partial charge in [0.1, 0.15) is 5.82 Å². The summed E-state index contributed by atoms with van der Waals surface area (Å²) in [6.07, 6.45) is 7.29. The van der Waals surface area contributed by atoms with Crippen molar-refractivity contribution >= 4 is 56.4 Å². The fraction of sp³-hybridized carbons (Fsp3) is 0.0417. The molecule has 1 aliphatic rings. The molecule has 1 N–H and O–H groups in total. The third-order valence-corrected chi connectivity index (χ3v) is 6.21. The Morgan fingerprint density at radius 3 is 2.76 bits per heavy atom. The summed E-state index contributed by atoms with van der Waals surface area (Å²) in [4.78, 5) is 8.45. The Hall–Kier alpha value is -3.08. The van der Waals surface area contributed by atoms with Crippen molar-refractivity contribution in [1.82, 2.24) is 4.98 Å². The molecule has 3 heterocycles. The summed E-state index contributed by atoms with van der Waals surface area (Å²) in [6, 6.07) is 8.37. The van der Waals surface area contributed by atoms with Crippen LogP contribution in [0, 0.1) is 6.92 Å². The number of nitrogens with one attached hydrogen (secondary N) is 1. The number of aromatic nitrogens is 1. The Labute approximate surface area is 179 Å². The van der Waals surface area contributed by atoms with E-state index in [0.717, 1.165) is 49.0 Å². The van der Waals surface area contributed by atoms with Gasteiger partial charge in [-0.15, -0.1) is 11.3 Å². The van der Waals surface area contributed by atoms with Crippen molar-refractivity contribution in [3.8, 4) is 0 Å². The zero-order chi connectivity index (χ0) is 20.7. The Bertz CT molecular complexity index is 1230. The summed E-state index contributed by atoms with van der Waals surface area (Å²) < 4.78 is 0. The van der Waals surface area contributed by atoms with Gasteiger partial charge in [-0.1, -0.05) is 67.8 Å². The van der Waals surface area contributed by atoms with Crippen LogP contribution in [0.25, 0.3) is 22.0 Å². The van der Waals surface area contributed by atoms with Crippen molar-refractivity contribution in [2.24, 2.45) is 0 Å². The molecule has 0 fully saturated rings. The second-order valence-electron chi connectivity index (χ2n) is 6.81. The topological polar surface area (TPSA) is 28.2 Å². The van der Waals surface area contributed by atoms with E-state index >= 15 is 0 Å². The molecule has 0 spiro atoms. The third kappa shape index (κ3) is 3.31. The smallest absolute Gasteiger partial charge is 0.108 e. The Morgan fingerprint density at radius 1 is 1.24 bits per heavy atom. The van der Waals surface area contributed by atoms with E-state index in [1.807, 2.05) is 29.4 Å². The minimum Gasteiger partial charge on any atom is -0.341 e. The molecule has 3 aromatic rings. The summed E-state index contributed by atoms with van der Waals surface area (Å²) in [5, 5.41) is 6.05. The second kappa shape index (κ2) is 7.39. The lowest BCUT2D eigenvalue weighted by Crippen LogP contribution is -2.28. The molecule has 0 amide bonds. The van der Waals surface area contributed by atoms with Crippen LogP contribution in [0.5, 0.6) is 0 Å². The van der Waals surface area contributed by atoms with Gasteiger partial charge >= 0.3 is 0 Å². The lowest BCUT2D eigenvalue weighted by atomic mass is 10.1. The van der Waals surface area contributed by atoms with E-state index in [2.05, 4.69) is 61.7 Å². The van der Waals surface area contributed by atoms with E-state index in [-0.39, 0.29) is 0 Å². The first kappa shape index (κ1) is 19.2. The molecular formula is C24H20ClN3S. The number of pyridine rings is 1. The summed E-state index contributed by atoms with van der Waals surface area (Å²) in [5.41, 5.74) is 4.76. The van der Waals surface area contributed by atoms with Gasteiger partial charge in [-0.25, -0.2) is 0 Å². The number of hydrogen-bond donors (Lipinski definition) is 1. The molecule has 0 atom stereocenters. The summed E-state index contributed by atoms with van der Waals surface area (Å²) in [7, 11) is 0. The van der Waals surface area contributed by atoms with Gasteiger partial charge in [0.05, 0.1) is 28.1 Å². The van der Waals surface area contributed by atoms with E-state index in [4.69, 9.17) is 11.6 Å². The summed E-state index contributed by atoms with van der Waals surface area (Å²) in [6.45, 7) is 18.3. The highest BCUT2D eigenvalue weighted by atomic mass is 35.5. The molecule has 0 unspecified atom stereocenters. The number of allylic oxidation sites excluding steroid dienone is 4. The van der Waals surface area contributed by atoms with Crippen LogP contribution >= 0.6 is 22.9 Å². The third-order valence-electron chi connectivity index (χ3n) is 4.79. The van der Waals surface area contributed by atoms with Crippen molar-refractivity contribution in [3.63, 3.8) is 0 Å². The normalized spacial score (nSPS) is 14.0. The quantitative estimate of drug-likeness (QED) is 0.451. The lowest BCUT2D eigenvalue weighted by molar-refractivity contribution is 1.16. The molecule has 1 aliphatic heterocycles. The molecule has 0 saturated carbocycles. The molecule has 2 aromatic heterocycles. The Balaban J connectivity index is 1.84. The van der Waals surface area contributed by atoms with E-state index in [1.54, 1.807) is 17.4 Å². The molecule has 4 rings (SSSR count). The van der Waals surface area contributed by atoms with Crippen LogP contribution in [0.4, 0.5) is 11.4 Å². The van der Waals surface area contributed by atoms with Crippen LogP contribution in [0.2, 0.25) is 0 Å². The number of fused-ring (bicyclic) bond motifs is 2. The highest BCUT2D eigenvalue weighted by Crippen LogP contribution is 2.46. The van der Waals surface area contributed by atoms with Crippen molar-refractivity contribution in [2.45, 2.75) is 6.92 Å².